The molecule has 4 rings (SSSR count). The number of nitro groups is 1. The van der Waals surface area contributed by atoms with Gasteiger partial charge in [0.05, 0.1) is 6.54 Å². The molecule has 0 fully saturated rings. The predicted molar refractivity (Wildman–Crippen MR) is 124 cm³/mol. The molecule has 1 heterocycles. The minimum atomic E-state index is -0.546. The van der Waals surface area contributed by atoms with E-state index < -0.39 is 12.8 Å². The molecule has 0 aliphatic carbocycles. The van der Waals surface area contributed by atoms with Gasteiger partial charge in [-0.1, -0.05) is 91.0 Å². The summed E-state index contributed by atoms with van der Waals surface area (Å²) in [5.41, 5.74) is 0. The first-order valence-corrected chi connectivity index (χ1v) is 11.2. The molecule has 8 heteroatoms. The number of imidazole rings is 1. The van der Waals surface area contributed by atoms with E-state index in [0.29, 0.717) is 5.82 Å². The molecule has 6 nitrogen and oxygen atoms in total. The molecule has 0 spiro atoms. The summed E-state index contributed by atoms with van der Waals surface area (Å²) in [4.78, 5) is 13.5. The fourth-order valence-electron chi connectivity index (χ4n) is 3.15. The molecule has 4 aromatic rings. The maximum absolute atomic E-state index is 10.4. The summed E-state index contributed by atoms with van der Waals surface area (Å²) in [6.45, 7) is 1.35. The van der Waals surface area contributed by atoms with Crippen molar-refractivity contribution in [3.05, 3.63) is 113 Å². The van der Waals surface area contributed by atoms with Crippen molar-refractivity contribution in [2.24, 2.45) is 0 Å². The molecule has 0 atom stereocenters. The van der Waals surface area contributed by atoms with Gasteiger partial charge >= 0.3 is 28.2 Å². The van der Waals surface area contributed by atoms with Crippen LogP contribution in [0.2, 0.25) is 0 Å². The Morgan fingerprint density at radius 2 is 1.25 bits per heavy atom. The monoisotopic (exact) mass is 629 g/mol. The van der Waals surface area contributed by atoms with Crippen molar-refractivity contribution < 1.29 is 32.4 Å². The van der Waals surface area contributed by atoms with Crippen LogP contribution in [0.5, 0.6) is 0 Å². The molecule has 0 bridgehead atoms. The van der Waals surface area contributed by atoms with Crippen molar-refractivity contribution in [2.45, 2.75) is 13.5 Å². The van der Waals surface area contributed by atoms with Crippen LogP contribution in [0, 0.1) is 17.0 Å². The van der Waals surface area contributed by atoms with Gasteiger partial charge in [0.15, 0.2) is 5.82 Å². The summed E-state index contributed by atoms with van der Waals surface area (Å²) in [7, 11) is -0.446. The van der Waals surface area contributed by atoms with Crippen LogP contribution in [0.1, 0.15) is 5.82 Å². The van der Waals surface area contributed by atoms with Gasteiger partial charge in [-0.15, -0.1) is 6.61 Å². The zero-order valence-corrected chi connectivity index (χ0v) is 20.5. The number of benzene rings is 3. The van der Waals surface area contributed by atoms with E-state index in [2.05, 4.69) is 96.0 Å². The van der Waals surface area contributed by atoms with Gasteiger partial charge in [0, 0.05) is 6.92 Å². The maximum Gasteiger partial charge on any atom is 1.00 e. The third-order valence-corrected chi connectivity index (χ3v) is 7.02. The van der Waals surface area contributed by atoms with Crippen molar-refractivity contribution in [1.29, 1.82) is 0 Å². The third-order valence-electron chi connectivity index (χ3n) is 4.58. The molecular formula is C24H23AuN3O3P. The van der Waals surface area contributed by atoms with Gasteiger partial charge in [0.2, 0.25) is 0 Å². The molecule has 0 amide bonds. The first kappa shape index (κ1) is 25.7. The zero-order chi connectivity index (χ0) is 22.1. The van der Waals surface area contributed by atoms with E-state index in [1.165, 1.54) is 20.5 Å². The smallest absolute Gasteiger partial charge is 0.852 e. The van der Waals surface area contributed by atoms with Crippen molar-refractivity contribution >= 4 is 29.7 Å². The van der Waals surface area contributed by atoms with Crippen LogP contribution in [0.15, 0.2) is 97.2 Å². The predicted octanol–water partition coefficient (Wildman–Crippen LogP) is 2.90. The molecule has 1 aromatic heterocycles. The van der Waals surface area contributed by atoms with E-state index >= 15 is 0 Å². The number of hydrogen-bond acceptors (Lipinski definition) is 4. The van der Waals surface area contributed by atoms with Crippen LogP contribution in [0.25, 0.3) is 0 Å². The van der Waals surface area contributed by atoms with Gasteiger partial charge in [0.1, 0.15) is 6.20 Å². The molecule has 0 radical (unpaired) electrons. The zero-order valence-electron chi connectivity index (χ0n) is 17.5. The molecule has 0 aliphatic heterocycles. The Kier molecular flexibility index (Phi) is 10.5. The molecule has 0 unspecified atom stereocenters. The first-order valence-electron chi connectivity index (χ1n) is 9.81. The average molecular weight is 629 g/mol. The van der Waals surface area contributed by atoms with E-state index in [-0.39, 0.29) is 41.3 Å². The SMILES string of the molecule is Cc1ncc([N+](=O)[O-])n1CC[O-].[Au+].c1ccc(P(c2ccccc2)c2ccccc2)cc1. The number of hydrogen-bond donors (Lipinski definition) is 0. The second kappa shape index (κ2) is 13.1. The Labute approximate surface area is 204 Å². The van der Waals surface area contributed by atoms with E-state index in [0.717, 1.165) is 6.20 Å². The summed E-state index contributed by atoms with van der Waals surface area (Å²) in [6, 6.07) is 32.3. The molecule has 32 heavy (non-hydrogen) atoms. The van der Waals surface area contributed by atoms with Crippen LogP contribution in [0.3, 0.4) is 0 Å². The molecule has 0 saturated carbocycles. The Morgan fingerprint density at radius 3 is 1.59 bits per heavy atom. The number of aromatic nitrogens is 2. The Balaban J connectivity index is 0.000000244. The van der Waals surface area contributed by atoms with Crippen LogP contribution < -0.4 is 21.0 Å². The second-order valence-electron chi connectivity index (χ2n) is 6.62. The molecule has 0 saturated heterocycles. The fraction of sp³-hybridized carbons (Fsp3) is 0.125. The van der Waals surface area contributed by atoms with Crippen LogP contribution >= 0.6 is 7.92 Å². The van der Waals surface area contributed by atoms with E-state index in [9.17, 15) is 15.2 Å². The summed E-state index contributed by atoms with van der Waals surface area (Å²) >= 11 is 0. The minimum Gasteiger partial charge on any atom is -0.852 e. The summed E-state index contributed by atoms with van der Waals surface area (Å²) in [6.07, 6.45) is 1.16. The van der Waals surface area contributed by atoms with Gasteiger partial charge in [-0.05, 0) is 28.8 Å². The topological polar surface area (TPSA) is 84.0 Å². The van der Waals surface area contributed by atoms with Crippen molar-refractivity contribution in [1.82, 2.24) is 9.55 Å². The largest absolute Gasteiger partial charge is 1.00 e. The van der Waals surface area contributed by atoms with E-state index in [1.54, 1.807) is 6.92 Å². The minimum absolute atomic E-state index is 0. The second-order valence-corrected chi connectivity index (χ2v) is 8.84. The van der Waals surface area contributed by atoms with Gasteiger partial charge in [0.25, 0.3) is 0 Å². The van der Waals surface area contributed by atoms with Crippen LogP contribution in [0.4, 0.5) is 5.82 Å². The Morgan fingerprint density at radius 1 is 0.844 bits per heavy atom. The van der Waals surface area contributed by atoms with Crippen molar-refractivity contribution in [3.8, 4) is 0 Å². The molecule has 168 valence electrons. The molecule has 0 N–H and O–H groups in total. The third kappa shape index (κ3) is 6.70. The fourth-order valence-corrected chi connectivity index (χ4v) is 5.45. The summed E-state index contributed by atoms with van der Waals surface area (Å²) in [5.74, 6) is 0.376. The van der Waals surface area contributed by atoms with E-state index in [1.807, 2.05) is 0 Å². The number of aryl methyl sites for hydroxylation is 1. The van der Waals surface area contributed by atoms with Crippen molar-refractivity contribution in [2.75, 3.05) is 6.61 Å². The standard InChI is InChI=1S/C18H15P.C6H8N3O3.Au/c1-4-10-16(11-5-1)19(17-12-6-2-7-13-17)18-14-8-3-9-15-18;1-5-7-4-6(9(11)12)8(5)2-3-10;/h1-15H;4H,2-3H2,1H3;/q;-1;+1. The normalized spacial score (nSPS) is 10.1. The number of rotatable bonds is 6. The first-order chi connectivity index (χ1) is 15.1. The van der Waals surface area contributed by atoms with Gasteiger partial charge < -0.3 is 15.2 Å². The van der Waals surface area contributed by atoms with Crippen LogP contribution in [-0.2, 0) is 28.9 Å². The molecule has 0 aliphatic rings. The Hall–Kier alpha value is -2.60. The quantitative estimate of drug-likeness (QED) is 0.142. The van der Waals surface area contributed by atoms with Crippen LogP contribution in [-0.4, -0.2) is 21.1 Å². The average Bonchev–Trinajstić information content (AvgIpc) is 3.18. The maximum atomic E-state index is 10.4. The number of nitrogens with zero attached hydrogens (tertiary/aromatic N) is 3. The summed E-state index contributed by atoms with van der Waals surface area (Å²) in [5, 5.41) is 24.8. The summed E-state index contributed by atoms with van der Waals surface area (Å²) < 4.78 is 1.30. The van der Waals surface area contributed by atoms with Gasteiger partial charge in [-0.3, -0.25) is 0 Å². The molecular weight excluding hydrogens is 606 g/mol. The Bertz CT molecular complexity index is 1000. The van der Waals surface area contributed by atoms with Gasteiger partial charge in [-0.25, -0.2) is 9.55 Å². The molecule has 3 aromatic carbocycles. The van der Waals surface area contributed by atoms with Gasteiger partial charge in [-0.2, -0.15) is 0 Å². The van der Waals surface area contributed by atoms with Crippen molar-refractivity contribution in [3.63, 3.8) is 0 Å². The van der Waals surface area contributed by atoms with E-state index in [4.69, 9.17) is 0 Å².